The number of furan rings is 1. The summed E-state index contributed by atoms with van der Waals surface area (Å²) in [5.41, 5.74) is -0.242. The number of carbonyl (C=O) groups is 1. The van der Waals surface area contributed by atoms with Crippen LogP contribution in [0.15, 0.2) is 56.1 Å². The molecule has 0 bridgehead atoms. The van der Waals surface area contributed by atoms with Crippen LogP contribution in [0.2, 0.25) is 5.02 Å². The van der Waals surface area contributed by atoms with E-state index in [4.69, 9.17) is 21.8 Å². The fraction of sp³-hybridized carbons (Fsp3) is 0.208. The maximum Gasteiger partial charge on any atom is 0.516 e. The zero-order chi connectivity index (χ0) is 28.7. The second-order valence-electron chi connectivity index (χ2n) is 8.37. The minimum atomic E-state index is -5.68. The fourth-order valence-corrected chi connectivity index (χ4v) is 5.37. The molecular formula is C24H19BrClF3N4O5S. The van der Waals surface area contributed by atoms with Gasteiger partial charge in [-0.05, 0) is 52.2 Å². The third-order valence-corrected chi connectivity index (χ3v) is 7.89. The maximum atomic E-state index is 13.0. The molecule has 4 rings (SSSR count). The molecule has 0 saturated carbocycles. The van der Waals surface area contributed by atoms with Crippen molar-refractivity contribution in [1.82, 2.24) is 9.55 Å². The Labute approximate surface area is 233 Å². The first kappa shape index (κ1) is 28.6. The number of primary amides is 1. The molecule has 206 valence electrons. The number of nitrogens with two attached hydrogens (primary N) is 1. The van der Waals surface area contributed by atoms with E-state index in [9.17, 15) is 31.2 Å². The van der Waals surface area contributed by atoms with E-state index in [1.807, 2.05) is 6.92 Å². The topological polar surface area (TPSA) is 137 Å². The lowest BCUT2D eigenvalue weighted by atomic mass is 10.1. The Balaban J connectivity index is 1.81. The van der Waals surface area contributed by atoms with Gasteiger partial charge in [0.05, 0.1) is 10.2 Å². The molecule has 2 aromatic heterocycles. The van der Waals surface area contributed by atoms with Gasteiger partial charge in [0.15, 0.2) is 5.76 Å². The molecule has 3 N–H and O–H groups in total. The first-order valence-electron chi connectivity index (χ1n) is 11.2. The van der Waals surface area contributed by atoms with Crippen LogP contribution in [-0.4, -0.2) is 29.4 Å². The molecular weight excluding hydrogens is 629 g/mol. The summed E-state index contributed by atoms with van der Waals surface area (Å²) in [4.78, 5) is 28.3. The summed E-state index contributed by atoms with van der Waals surface area (Å²) in [5, 5.41) is 0.113. The van der Waals surface area contributed by atoms with Gasteiger partial charge < -0.3 is 14.7 Å². The number of aromatic nitrogens is 2. The minimum Gasteiger partial charge on any atom is -0.455 e. The van der Waals surface area contributed by atoms with Crippen LogP contribution >= 0.6 is 27.5 Å². The SMILES string of the molecule is CCCc1nc(=O)c(Cl)c(C(N)=O)n1Cc1ccc2oc(-c3ccccc3NS(=O)(=O)C(F)(F)F)c(Br)c2c1. The molecule has 9 nitrogen and oxygen atoms in total. The van der Waals surface area contributed by atoms with Crippen molar-refractivity contribution < 1.29 is 30.8 Å². The van der Waals surface area contributed by atoms with Crippen LogP contribution in [0, 0.1) is 0 Å². The van der Waals surface area contributed by atoms with Crippen molar-refractivity contribution in [1.29, 1.82) is 0 Å². The number of benzene rings is 2. The largest absolute Gasteiger partial charge is 0.516 e. The molecule has 2 aromatic carbocycles. The molecule has 0 aliphatic heterocycles. The molecule has 0 fully saturated rings. The van der Waals surface area contributed by atoms with Crippen molar-refractivity contribution in [2.45, 2.75) is 31.8 Å². The van der Waals surface area contributed by atoms with E-state index in [1.54, 1.807) is 22.9 Å². The molecule has 0 aliphatic carbocycles. The molecule has 39 heavy (non-hydrogen) atoms. The fourth-order valence-electron chi connectivity index (χ4n) is 3.94. The van der Waals surface area contributed by atoms with E-state index in [1.165, 1.54) is 28.8 Å². The number of sulfonamides is 1. The van der Waals surface area contributed by atoms with Gasteiger partial charge in [-0.1, -0.05) is 36.7 Å². The quantitative estimate of drug-likeness (QED) is 0.262. The molecule has 15 heteroatoms. The van der Waals surface area contributed by atoms with Gasteiger partial charge in [-0.25, -0.2) is 0 Å². The van der Waals surface area contributed by atoms with Crippen LogP contribution in [-0.2, 0) is 23.0 Å². The van der Waals surface area contributed by atoms with Crippen molar-refractivity contribution in [3.8, 4) is 11.3 Å². The zero-order valence-electron chi connectivity index (χ0n) is 20.0. The number of rotatable bonds is 8. The lowest BCUT2D eigenvalue weighted by Crippen LogP contribution is -2.30. The molecule has 2 heterocycles. The number of nitrogens with zero attached hydrogens (tertiary/aromatic N) is 2. The summed E-state index contributed by atoms with van der Waals surface area (Å²) in [5.74, 6) is -0.499. The van der Waals surface area contributed by atoms with Crippen molar-refractivity contribution in [2.24, 2.45) is 5.73 Å². The smallest absolute Gasteiger partial charge is 0.455 e. The third kappa shape index (κ3) is 5.54. The van der Waals surface area contributed by atoms with Gasteiger partial charge in [0.25, 0.3) is 11.5 Å². The second-order valence-corrected chi connectivity index (χ2v) is 11.2. The van der Waals surface area contributed by atoms with Crippen molar-refractivity contribution in [3.63, 3.8) is 0 Å². The van der Waals surface area contributed by atoms with Crippen LogP contribution in [0.25, 0.3) is 22.3 Å². The third-order valence-electron chi connectivity index (χ3n) is 5.67. The number of carbonyl (C=O) groups excluding carboxylic acids is 1. The minimum absolute atomic E-state index is 0.0610. The summed E-state index contributed by atoms with van der Waals surface area (Å²) >= 11 is 9.48. The molecule has 1 amide bonds. The molecule has 0 spiro atoms. The van der Waals surface area contributed by atoms with Crippen LogP contribution < -0.4 is 16.0 Å². The van der Waals surface area contributed by atoms with E-state index < -0.39 is 32.0 Å². The van der Waals surface area contributed by atoms with Gasteiger partial charge in [-0.2, -0.15) is 26.6 Å². The lowest BCUT2D eigenvalue weighted by Gasteiger charge is -2.17. The Morgan fingerprint density at radius 2 is 1.92 bits per heavy atom. The van der Waals surface area contributed by atoms with Crippen LogP contribution in [0.3, 0.4) is 0 Å². The predicted molar refractivity (Wildman–Crippen MR) is 143 cm³/mol. The number of nitrogens with one attached hydrogen (secondary N) is 1. The predicted octanol–water partition coefficient (Wildman–Crippen LogP) is 5.43. The monoisotopic (exact) mass is 646 g/mol. The molecule has 0 atom stereocenters. The summed E-state index contributed by atoms with van der Waals surface area (Å²) in [6.45, 7) is 1.93. The average Bonchev–Trinajstić information content (AvgIpc) is 3.17. The van der Waals surface area contributed by atoms with Crippen molar-refractivity contribution in [3.05, 3.63) is 79.4 Å². The van der Waals surface area contributed by atoms with Gasteiger partial charge >= 0.3 is 15.5 Å². The highest BCUT2D eigenvalue weighted by molar-refractivity contribution is 9.10. The number of aryl methyl sites for hydroxylation is 1. The Morgan fingerprint density at radius 1 is 1.23 bits per heavy atom. The van der Waals surface area contributed by atoms with Crippen LogP contribution in [0.5, 0.6) is 0 Å². The number of alkyl halides is 3. The van der Waals surface area contributed by atoms with E-state index in [0.717, 1.165) is 0 Å². The number of halogens is 5. The highest BCUT2D eigenvalue weighted by Crippen LogP contribution is 2.42. The zero-order valence-corrected chi connectivity index (χ0v) is 23.1. The highest BCUT2D eigenvalue weighted by atomic mass is 79.9. The summed E-state index contributed by atoms with van der Waals surface area (Å²) < 4.78 is 71.6. The Hall–Kier alpha value is -3.36. The Kier molecular flexibility index (Phi) is 7.83. The number of para-hydroxylation sites is 1. The van der Waals surface area contributed by atoms with Crippen LogP contribution in [0.1, 0.15) is 35.2 Å². The number of amides is 1. The molecule has 4 aromatic rings. The summed E-state index contributed by atoms with van der Waals surface area (Å²) in [6, 6.07) is 10.4. The number of hydrogen-bond donors (Lipinski definition) is 2. The highest BCUT2D eigenvalue weighted by Gasteiger charge is 2.46. The van der Waals surface area contributed by atoms with E-state index in [2.05, 4.69) is 20.9 Å². The first-order chi connectivity index (χ1) is 18.2. The first-order valence-corrected chi connectivity index (χ1v) is 13.9. The maximum absolute atomic E-state index is 13.0. The van der Waals surface area contributed by atoms with Gasteiger partial charge in [0.1, 0.15) is 22.1 Å². The molecule has 0 aliphatic rings. The molecule has 0 saturated heterocycles. The van der Waals surface area contributed by atoms with Gasteiger partial charge in [0.2, 0.25) is 0 Å². The standard InChI is InChI=1S/C24H19BrClF3N4O5S/c1-2-5-17-31-23(35)19(26)20(22(30)34)33(17)11-12-8-9-16-14(10-12)18(25)21(38-16)13-6-3-4-7-15(13)32-39(36,37)24(27,28)29/h3-4,6-10,32H,2,5,11H2,1H3,(H2,30,34). The van der Waals surface area contributed by atoms with Gasteiger partial charge in [-0.3, -0.25) is 14.3 Å². The number of anilines is 1. The van der Waals surface area contributed by atoms with Gasteiger partial charge in [0, 0.05) is 23.9 Å². The van der Waals surface area contributed by atoms with E-state index in [-0.39, 0.29) is 29.2 Å². The van der Waals surface area contributed by atoms with Crippen molar-refractivity contribution >= 4 is 60.1 Å². The number of fused-ring (bicyclic) bond motifs is 1. The van der Waals surface area contributed by atoms with E-state index >= 15 is 0 Å². The number of hydrogen-bond acceptors (Lipinski definition) is 6. The summed E-state index contributed by atoms with van der Waals surface area (Å²) in [7, 11) is -5.68. The Morgan fingerprint density at radius 3 is 2.56 bits per heavy atom. The van der Waals surface area contributed by atoms with Gasteiger partial charge in [-0.15, -0.1) is 0 Å². The Bertz CT molecular complexity index is 1770. The normalized spacial score (nSPS) is 12.2. The van der Waals surface area contributed by atoms with Crippen LogP contribution in [0.4, 0.5) is 18.9 Å². The lowest BCUT2D eigenvalue weighted by molar-refractivity contribution is -0.0429. The summed E-state index contributed by atoms with van der Waals surface area (Å²) in [6.07, 6.45) is 0.999. The molecule has 0 radical (unpaired) electrons. The second kappa shape index (κ2) is 10.7. The average molecular weight is 648 g/mol. The molecule has 0 unspecified atom stereocenters. The van der Waals surface area contributed by atoms with E-state index in [0.29, 0.717) is 39.7 Å². The van der Waals surface area contributed by atoms with Crippen molar-refractivity contribution in [2.75, 3.05) is 4.72 Å².